The van der Waals surface area contributed by atoms with Crippen molar-refractivity contribution in [2.75, 3.05) is 0 Å². The van der Waals surface area contributed by atoms with E-state index in [1.165, 1.54) is 0 Å². The summed E-state index contributed by atoms with van der Waals surface area (Å²) >= 11 is 0. The fourth-order valence-electron chi connectivity index (χ4n) is 2.55. The Balaban J connectivity index is 1.60. The highest BCUT2D eigenvalue weighted by atomic mass is 16.3. The Hall–Kier alpha value is -2.92. The Morgan fingerprint density at radius 2 is 1.92 bits per heavy atom. The molecule has 0 saturated carbocycles. The molecule has 0 aliphatic rings. The second-order valence-electron chi connectivity index (χ2n) is 5.72. The summed E-state index contributed by atoms with van der Waals surface area (Å²) in [6.45, 7) is 0.408. The minimum absolute atomic E-state index is 0.202. The molecule has 0 spiro atoms. The molecule has 3 aromatic rings. The third-order valence-electron chi connectivity index (χ3n) is 3.85. The van der Waals surface area contributed by atoms with E-state index in [4.69, 9.17) is 5.73 Å². The van der Waals surface area contributed by atoms with E-state index in [9.17, 15) is 9.90 Å². The molecule has 1 aromatic heterocycles. The number of phenolic OH excluding ortho intramolecular Hbond substituents is 1. The highest BCUT2D eigenvalue weighted by molar-refractivity contribution is 5.85. The number of phenols is 1. The molecule has 0 saturated heterocycles. The van der Waals surface area contributed by atoms with Gasteiger partial charge in [0.05, 0.1) is 6.04 Å². The Morgan fingerprint density at radius 1 is 1.12 bits per heavy atom. The quantitative estimate of drug-likeness (QED) is 0.672. The minimum atomic E-state index is -0.627. The van der Waals surface area contributed by atoms with Gasteiger partial charge in [-0.1, -0.05) is 24.3 Å². The first-order valence-electron chi connectivity index (χ1n) is 7.77. The van der Waals surface area contributed by atoms with Crippen LogP contribution in [-0.4, -0.2) is 22.0 Å². The number of aromatic nitrogens is 1. The van der Waals surface area contributed by atoms with E-state index in [0.29, 0.717) is 13.0 Å². The number of amides is 1. The minimum Gasteiger partial charge on any atom is -0.508 e. The highest BCUT2D eigenvalue weighted by Crippen LogP contribution is 2.21. The van der Waals surface area contributed by atoms with Crippen LogP contribution in [0.3, 0.4) is 0 Å². The number of hydrogen-bond acceptors (Lipinski definition) is 4. The fraction of sp³-hybridized carbons (Fsp3) is 0.158. The highest BCUT2D eigenvalue weighted by Gasteiger charge is 2.14. The summed E-state index contributed by atoms with van der Waals surface area (Å²) in [7, 11) is 0. The van der Waals surface area contributed by atoms with Crippen LogP contribution < -0.4 is 11.1 Å². The van der Waals surface area contributed by atoms with Crippen molar-refractivity contribution in [3.8, 4) is 5.75 Å². The molecule has 5 heteroatoms. The predicted molar refractivity (Wildman–Crippen MR) is 93.4 cm³/mol. The molecular weight excluding hydrogens is 302 g/mol. The van der Waals surface area contributed by atoms with Crippen LogP contribution in [0.25, 0.3) is 10.8 Å². The summed E-state index contributed by atoms with van der Waals surface area (Å²) in [6, 6.07) is 16.0. The average molecular weight is 321 g/mol. The number of rotatable bonds is 5. The summed E-state index contributed by atoms with van der Waals surface area (Å²) in [5, 5.41) is 14.3. The van der Waals surface area contributed by atoms with E-state index in [-0.39, 0.29) is 11.7 Å². The lowest BCUT2D eigenvalue weighted by atomic mass is 10.1. The van der Waals surface area contributed by atoms with Crippen LogP contribution >= 0.6 is 0 Å². The second kappa shape index (κ2) is 7.10. The molecule has 0 aliphatic heterocycles. The molecule has 122 valence electrons. The van der Waals surface area contributed by atoms with Crippen LogP contribution in [0.4, 0.5) is 0 Å². The lowest BCUT2D eigenvalue weighted by Gasteiger charge is -2.12. The van der Waals surface area contributed by atoms with Crippen LogP contribution in [0.15, 0.2) is 60.8 Å². The maximum atomic E-state index is 12.1. The third-order valence-corrected chi connectivity index (χ3v) is 3.85. The van der Waals surface area contributed by atoms with Crippen molar-refractivity contribution in [1.29, 1.82) is 0 Å². The van der Waals surface area contributed by atoms with Gasteiger partial charge < -0.3 is 16.2 Å². The van der Waals surface area contributed by atoms with Gasteiger partial charge in [0.15, 0.2) is 0 Å². The monoisotopic (exact) mass is 321 g/mol. The van der Waals surface area contributed by atoms with E-state index in [1.54, 1.807) is 18.3 Å². The van der Waals surface area contributed by atoms with Gasteiger partial charge in [-0.2, -0.15) is 0 Å². The number of aromatic hydroxyl groups is 1. The second-order valence-corrected chi connectivity index (χ2v) is 5.72. The van der Waals surface area contributed by atoms with Crippen molar-refractivity contribution in [2.45, 2.75) is 19.0 Å². The van der Waals surface area contributed by atoms with Crippen LogP contribution in [0, 0.1) is 0 Å². The molecule has 1 amide bonds. The molecule has 1 atom stereocenters. The standard InChI is InChI=1S/C19H19N3O2/c20-18(11-16-3-1-2-8-21-16)19(24)22-12-13-4-5-15-10-17(23)7-6-14(15)9-13/h1-10,18,23H,11-12,20H2,(H,22,24)/t18-/m1/s1. The predicted octanol–water partition coefficient (Wildman–Crippen LogP) is 2.13. The van der Waals surface area contributed by atoms with Crippen LogP contribution in [0.5, 0.6) is 5.75 Å². The number of carbonyl (C=O) groups excluding carboxylic acids is 1. The van der Waals surface area contributed by atoms with Crippen molar-refractivity contribution < 1.29 is 9.90 Å². The zero-order valence-corrected chi connectivity index (χ0v) is 13.1. The molecule has 0 radical (unpaired) electrons. The zero-order chi connectivity index (χ0) is 16.9. The lowest BCUT2D eigenvalue weighted by molar-refractivity contribution is -0.122. The summed E-state index contributed by atoms with van der Waals surface area (Å²) in [5.74, 6) is 0.0375. The fourth-order valence-corrected chi connectivity index (χ4v) is 2.55. The summed E-state index contributed by atoms with van der Waals surface area (Å²) in [5.41, 5.74) is 7.72. The molecular formula is C19H19N3O2. The molecule has 0 bridgehead atoms. The average Bonchev–Trinajstić information content (AvgIpc) is 2.60. The van der Waals surface area contributed by atoms with E-state index in [0.717, 1.165) is 22.0 Å². The van der Waals surface area contributed by atoms with Gasteiger partial charge in [0.1, 0.15) is 5.75 Å². The molecule has 24 heavy (non-hydrogen) atoms. The molecule has 2 aromatic carbocycles. The number of pyridine rings is 1. The van der Waals surface area contributed by atoms with Gasteiger partial charge in [-0.25, -0.2) is 0 Å². The molecule has 0 fully saturated rings. The maximum Gasteiger partial charge on any atom is 0.237 e. The normalized spacial score (nSPS) is 12.0. The van der Waals surface area contributed by atoms with Crippen LogP contribution in [0.1, 0.15) is 11.3 Å². The Kier molecular flexibility index (Phi) is 4.72. The van der Waals surface area contributed by atoms with Gasteiger partial charge in [-0.15, -0.1) is 0 Å². The van der Waals surface area contributed by atoms with Gasteiger partial charge in [-0.05, 0) is 46.7 Å². The number of hydrogen-bond donors (Lipinski definition) is 3. The summed E-state index contributed by atoms with van der Waals surface area (Å²) in [4.78, 5) is 16.3. The van der Waals surface area contributed by atoms with Crippen LogP contribution in [-0.2, 0) is 17.8 Å². The van der Waals surface area contributed by atoms with Crippen molar-refractivity contribution in [2.24, 2.45) is 5.73 Å². The Bertz CT molecular complexity index is 850. The van der Waals surface area contributed by atoms with E-state index in [1.807, 2.05) is 42.5 Å². The number of nitrogens with zero attached hydrogens (tertiary/aromatic N) is 1. The number of carbonyl (C=O) groups is 1. The summed E-state index contributed by atoms with van der Waals surface area (Å²) < 4.78 is 0. The van der Waals surface area contributed by atoms with Gasteiger partial charge in [-0.3, -0.25) is 9.78 Å². The SMILES string of the molecule is N[C@H](Cc1ccccn1)C(=O)NCc1ccc2cc(O)ccc2c1. The molecule has 0 unspecified atom stereocenters. The number of nitrogens with one attached hydrogen (secondary N) is 1. The molecule has 5 nitrogen and oxygen atoms in total. The smallest absolute Gasteiger partial charge is 0.237 e. The van der Waals surface area contributed by atoms with Gasteiger partial charge in [0.2, 0.25) is 5.91 Å². The Morgan fingerprint density at radius 3 is 2.71 bits per heavy atom. The lowest BCUT2D eigenvalue weighted by Crippen LogP contribution is -2.41. The van der Waals surface area contributed by atoms with Gasteiger partial charge in [0, 0.05) is 24.9 Å². The molecule has 0 aliphatic carbocycles. The van der Waals surface area contributed by atoms with E-state index < -0.39 is 6.04 Å². The summed E-state index contributed by atoms with van der Waals surface area (Å²) in [6.07, 6.45) is 2.09. The van der Waals surface area contributed by atoms with Crippen LogP contribution in [0.2, 0.25) is 0 Å². The number of benzene rings is 2. The first-order valence-corrected chi connectivity index (χ1v) is 7.77. The molecule has 4 N–H and O–H groups in total. The zero-order valence-electron chi connectivity index (χ0n) is 13.1. The van der Waals surface area contributed by atoms with Crippen molar-refractivity contribution in [1.82, 2.24) is 10.3 Å². The van der Waals surface area contributed by atoms with E-state index in [2.05, 4.69) is 10.3 Å². The van der Waals surface area contributed by atoms with Crippen molar-refractivity contribution in [3.05, 3.63) is 72.1 Å². The number of fused-ring (bicyclic) bond motifs is 1. The van der Waals surface area contributed by atoms with Crippen molar-refractivity contribution in [3.63, 3.8) is 0 Å². The third kappa shape index (κ3) is 3.88. The Labute approximate surface area is 140 Å². The van der Waals surface area contributed by atoms with Gasteiger partial charge in [0.25, 0.3) is 0 Å². The van der Waals surface area contributed by atoms with Gasteiger partial charge >= 0.3 is 0 Å². The van der Waals surface area contributed by atoms with E-state index >= 15 is 0 Å². The first-order chi connectivity index (χ1) is 11.6. The molecule has 1 heterocycles. The topological polar surface area (TPSA) is 88.2 Å². The van der Waals surface area contributed by atoms with Crippen molar-refractivity contribution >= 4 is 16.7 Å². The largest absolute Gasteiger partial charge is 0.508 e. The number of nitrogens with two attached hydrogens (primary N) is 1. The first kappa shape index (κ1) is 16.0. The maximum absolute atomic E-state index is 12.1. The molecule has 3 rings (SSSR count).